The van der Waals surface area contributed by atoms with E-state index in [4.69, 9.17) is 15.9 Å². The van der Waals surface area contributed by atoms with E-state index in [0.29, 0.717) is 17.9 Å². The van der Waals surface area contributed by atoms with Gasteiger partial charge in [0.15, 0.2) is 11.5 Å². The number of rotatable bonds is 8. The second kappa shape index (κ2) is 11.8. The van der Waals surface area contributed by atoms with Crippen molar-refractivity contribution in [2.75, 3.05) is 32.5 Å². The fraction of sp³-hybridized carbons (Fsp3) is 0.308. The van der Waals surface area contributed by atoms with Gasteiger partial charge in [0, 0.05) is 12.0 Å². The van der Waals surface area contributed by atoms with Gasteiger partial charge in [-0.25, -0.2) is 0 Å². The second-order valence-corrected chi connectivity index (χ2v) is 11.7. The normalized spacial score (nSPS) is 11.7. The number of benzene rings is 2. The minimum absolute atomic E-state index is 0.152. The molecular formula is C26H28N2O3S. The van der Waals surface area contributed by atoms with Gasteiger partial charge in [-0.05, 0) is 65.8 Å². The Labute approximate surface area is 192 Å². The lowest BCUT2D eigenvalue weighted by molar-refractivity contribution is -0.121. The topological polar surface area (TPSA) is 71.3 Å². The summed E-state index contributed by atoms with van der Waals surface area (Å²) in [6.07, 6.45) is 12.4. The van der Waals surface area contributed by atoms with Crippen LogP contribution in [0.3, 0.4) is 0 Å². The van der Waals surface area contributed by atoms with E-state index in [9.17, 15) is 10.1 Å². The van der Waals surface area contributed by atoms with Crippen molar-refractivity contribution in [2.45, 2.75) is 18.9 Å². The van der Waals surface area contributed by atoms with Crippen LogP contribution in [-0.4, -0.2) is 38.4 Å². The number of terminal acetylenes is 1. The van der Waals surface area contributed by atoms with E-state index < -0.39 is 16.1 Å². The lowest BCUT2D eigenvalue weighted by Gasteiger charge is -2.15. The Morgan fingerprint density at radius 3 is 2.47 bits per heavy atom. The predicted octanol–water partition coefficient (Wildman–Crippen LogP) is 4.02. The molecule has 0 aromatic heterocycles. The number of methoxy groups -OCH3 is 1. The van der Waals surface area contributed by atoms with Crippen LogP contribution >= 0.6 is 10.0 Å². The van der Waals surface area contributed by atoms with Crippen LogP contribution < -0.4 is 14.8 Å². The summed E-state index contributed by atoms with van der Waals surface area (Å²) in [6.45, 7) is 0.152. The third-order valence-electron chi connectivity index (χ3n) is 4.36. The quantitative estimate of drug-likeness (QED) is 0.619. The van der Waals surface area contributed by atoms with Crippen molar-refractivity contribution in [3.63, 3.8) is 0 Å². The number of hydrogen-bond donors (Lipinski definition) is 1. The fourth-order valence-corrected chi connectivity index (χ4v) is 3.18. The average Bonchev–Trinajstić information content (AvgIpc) is 2.78. The lowest BCUT2D eigenvalue weighted by atomic mass is 10.0. The van der Waals surface area contributed by atoms with Gasteiger partial charge in [0.25, 0.3) is 0 Å². The first kappa shape index (κ1) is 24.7. The first-order valence-corrected chi connectivity index (χ1v) is 12.8. The van der Waals surface area contributed by atoms with E-state index in [0.717, 1.165) is 16.7 Å². The van der Waals surface area contributed by atoms with Gasteiger partial charge in [0.1, 0.15) is 12.6 Å². The Balaban J connectivity index is 1.97. The summed E-state index contributed by atoms with van der Waals surface area (Å²) >= 11 is 0. The molecular weight excluding hydrogens is 420 g/mol. The molecule has 0 aliphatic heterocycles. The van der Waals surface area contributed by atoms with E-state index in [-0.39, 0.29) is 18.9 Å². The summed E-state index contributed by atoms with van der Waals surface area (Å²) in [5.74, 6) is 6.48. The number of nitrogens with zero attached hydrogens (tertiary/aromatic N) is 1. The maximum atomic E-state index is 12.4. The first-order valence-electron chi connectivity index (χ1n) is 9.99. The van der Waals surface area contributed by atoms with Crippen LogP contribution in [0.15, 0.2) is 42.5 Å². The van der Waals surface area contributed by atoms with Gasteiger partial charge in [0.2, 0.25) is 5.91 Å². The number of ether oxygens (including phenoxy) is 2. The minimum Gasteiger partial charge on any atom is -0.493 e. The molecule has 0 saturated carbocycles. The minimum atomic E-state index is -0.903. The van der Waals surface area contributed by atoms with Crippen molar-refractivity contribution in [1.82, 2.24) is 5.32 Å². The molecule has 2 rings (SSSR count). The highest BCUT2D eigenvalue weighted by atomic mass is 32.3. The van der Waals surface area contributed by atoms with Gasteiger partial charge in [-0.15, -0.1) is 6.42 Å². The average molecular weight is 449 g/mol. The van der Waals surface area contributed by atoms with Crippen LogP contribution in [0.1, 0.15) is 29.2 Å². The molecule has 2 aromatic rings. The summed E-state index contributed by atoms with van der Waals surface area (Å²) in [6, 6.07) is 14.3. The SMILES string of the molecule is C#CCOc1ccc(CCC(=O)NC(C#N)c2ccc(C#CS(C)(C)C)cc2)cc1OC. The number of nitriles is 1. The molecule has 32 heavy (non-hydrogen) atoms. The van der Waals surface area contributed by atoms with Crippen molar-refractivity contribution in [3.05, 3.63) is 59.2 Å². The first-order chi connectivity index (χ1) is 15.3. The van der Waals surface area contributed by atoms with Gasteiger partial charge < -0.3 is 14.8 Å². The molecule has 0 radical (unpaired) electrons. The number of aryl methyl sites for hydroxylation is 1. The zero-order chi connectivity index (χ0) is 23.6. The molecule has 1 amide bonds. The Morgan fingerprint density at radius 2 is 1.88 bits per heavy atom. The van der Waals surface area contributed by atoms with Gasteiger partial charge in [-0.2, -0.15) is 15.3 Å². The highest BCUT2D eigenvalue weighted by Crippen LogP contribution is 2.32. The smallest absolute Gasteiger partial charge is 0.221 e. The summed E-state index contributed by atoms with van der Waals surface area (Å²) < 4.78 is 10.8. The highest BCUT2D eigenvalue weighted by molar-refractivity contribution is 8.35. The van der Waals surface area contributed by atoms with Crippen LogP contribution in [0.2, 0.25) is 0 Å². The molecule has 5 nitrogen and oxygen atoms in total. The zero-order valence-electron chi connectivity index (χ0n) is 18.9. The Morgan fingerprint density at radius 1 is 1.16 bits per heavy atom. The molecule has 0 bridgehead atoms. The molecule has 0 spiro atoms. The van der Waals surface area contributed by atoms with Gasteiger partial charge in [-0.1, -0.05) is 30.0 Å². The van der Waals surface area contributed by atoms with Crippen LogP contribution in [0, 0.1) is 34.8 Å². The van der Waals surface area contributed by atoms with Crippen molar-refractivity contribution >= 4 is 15.9 Å². The number of nitrogens with one attached hydrogen (secondary N) is 1. The largest absolute Gasteiger partial charge is 0.493 e. The van der Waals surface area contributed by atoms with Crippen LogP contribution in [0.25, 0.3) is 0 Å². The van der Waals surface area contributed by atoms with E-state index >= 15 is 0 Å². The summed E-state index contributed by atoms with van der Waals surface area (Å²) in [4.78, 5) is 12.4. The maximum Gasteiger partial charge on any atom is 0.221 e. The van der Waals surface area contributed by atoms with Gasteiger partial charge >= 0.3 is 0 Å². The summed E-state index contributed by atoms with van der Waals surface area (Å²) in [7, 11) is 0.646. The predicted molar refractivity (Wildman–Crippen MR) is 131 cm³/mol. The Hall–Kier alpha value is -3.53. The van der Waals surface area contributed by atoms with E-state index in [1.54, 1.807) is 13.2 Å². The number of amides is 1. The van der Waals surface area contributed by atoms with Crippen molar-refractivity contribution in [1.29, 1.82) is 5.26 Å². The van der Waals surface area contributed by atoms with E-state index in [2.05, 4.69) is 47.2 Å². The molecule has 6 heteroatoms. The number of carbonyl (C=O) groups excluding carboxylic acids is 1. The fourth-order valence-electron chi connectivity index (χ4n) is 2.76. The lowest BCUT2D eigenvalue weighted by Crippen LogP contribution is -2.27. The Bertz CT molecular complexity index is 1080. The molecule has 1 unspecified atom stereocenters. The number of carbonyl (C=O) groups is 1. The molecule has 0 fully saturated rings. The molecule has 166 valence electrons. The molecule has 0 saturated heterocycles. The van der Waals surface area contributed by atoms with Gasteiger partial charge in [-0.3, -0.25) is 4.79 Å². The summed E-state index contributed by atoms with van der Waals surface area (Å²) in [5, 5.41) is 15.6. The van der Waals surface area contributed by atoms with E-state index in [1.165, 1.54) is 0 Å². The molecule has 0 aliphatic carbocycles. The van der Waals surface area contributed by atoms with E-state index in [1.807, 2.05) is 36.4 Å². The molecule has 2 aromatic carbocycles. The molecule has 1 N–H and O–H groups in total. The van der Waals surface area contributed by atoms with Crippen molar-refractivity contribution in [3.8, 4) is 41.1 Å². The van der Waals surface area contributed by atoms with Crippen molar-refractivity contribution in [2.24, 2.45) is 0 Å². The third-order valence-corrected chi connectivity index (χ3v) is 5.07. The third kappa shape index (κ3) is 7.95. The standard InChI is InChI=1S/C26H28N2O3S/c1-6-16-31-24-13-9-21(18-25(24)30-2)10-14-26(29)28-23(19-27)22-11-7-20(8-12-22)15-17-32(3,4)5/h1,7-9,11-13,18,23H,10,14,16H2,2-5H3,(H,28,29). The highest BCUT2D eigenvalue weighted by Gasteiger charge is 2.14. The Kier molecular flexibility index (Phi) is 9.08. The van der Waals surface area contributed by atoms with Crippen LogP contribution in [0.4, 0.5) is 0 Å². The zero-order valence-corrected chi connectivity index (χ0v) is 19.7. The molecule has 0 aliphatic rings. The maximum absolute atomic E-state index is 12.4. The molecule has 0 heterocycles. The molecule has 1 atom stereocenters. The number of hydrogen-bond acceptors (Lipinski definition) is 4. The van der Waals surface area contributed by atoms with Crippen LogP contribution in [-0.2, 0) is 11.2 Å². The van der Waals surface area contributed by atoms with Gasteiger partial charge in [0.05, 0.1) is 13.2 Å². The van der Waals surface area contributed by atoms with Crippen LogP contribution in [0.5, 0.6) is 11.5 Å². The van der Waals surface area contributed by atoms with Crippen molar-refractivity contribution < 1.29 is 14.3 Å². The summed E-state index contributed by atoms with van der Waals surface area (Å²) in [5.41, 5.74) is 2.54. The second-order valence-electron chi connectivity index (χ2n) is 7.79. The monoisotopic (exact) mass is 448 g/mol.